The smallest absolute Gasteiger partial charge is 0.0645 e. The second-order valence-electron chi connectivity index (χ2n) is 1.16. The average Bonchev–Trinajstić information content (AvgIpc) is 1.69. The first-order valence-electron chi connectivity index (χ1n) is 1.93. The molecule has 2 heteroatoms. The van der Waals surface area contributed by atoms with Crippen molar-refractivity contribution in [1.29, 1.82) is 0 Å². The van der Waals surface area contributed by atoms with Crippen LogP contribution in [-0.2, 0) is 0 Å². The van der Waals surface area contributed by atoms with Gasteiger partial charge in [-0.1, -0.05) is 18.3 Å². The Hall–Kier alpha value is -0.500. The fourth-order valence-corrected chi connectivity index (χ4v) is 0.796. The van der Waals surface area contributed by atoms with Crippen molar-refractivity contribution in [2.24, 2.45) is 4.99 Å². The summed E-state index contributed by atoms with van der Waals surface area (Å²) in [7, 11) is 0. The van der Waals surface area contributed by atoms with Crippen LogP contribution in [0.3, 0.4) is 0 Å². The van der Waals surface area contributed by atoms with Gasteiger partial charge < -0.3 is 0 Å². The van der Waals surface area contributed by atoms with Crippen molar-refractivity contribution in [3.05, 3.63) is 23.8 Å². The van der Waals surface area contributed by atoms with E-state index >= 15 is 0 Å². The second kappa shape index (κ2) is 1.98. The van der Waals surface area contributed by atoms with Crippen molar-refractivity contribution in [2.75, 3.05) is 0 Å². The summed E-state index contributed by atoms with van der Waals surface area (Å²) in [6.45, 7) is 3.62. The Morgan fingerprint density at radius 1 is 1.71 bits per heavy atom. The van der Waals surface area contributed by atoms with E-state index in [4.69, 9.17) is 0 Å². The van der Waals surface area contributed by atoms with Crippen LogP contribution in [-0.4, -0.2) is 5.55 Å². The van der Waals surface area contributed by atoms with Crippen molar-refractivity contribution in [3.63, 3.8) is 0 Å². The molecule has 1 rings (SSSR count). The Morgan fingerprint density at radius 3 is 2.86 bits per heavy atom. The lowest BCUT2D eigenvalue weighted by atomic mass is 10.5. The van der Waals surface area contributed by atoms with E-state index in [9.17, 15) is 0 Å². The minimum absolute atomic E-state index is 0.832. The number of allylic oxidation sites excluding steroid dienone is 1. The summed E-state index contributed by atoms with van der Waals surface area (Å²) < 4.78 is 0. The lowest BCUT2D eigenvalue weighted by molar-refractivity contribution is 1.46. The first-order valence-corrected chi connectivity index (χ1v) is 2.87. The van der Waals surface area contributed by atoms with Crippen LogP contribution in [0.25, 0.3) is 0 Å². The molecule has 0 aromatic heterocycles. The van der Waals surface area contributed by atoms with E-state index in [0.29, 0.717) is 0 Å². The van der Waals surface area contributed by atoms with Crippen LogP contribution < -0.4 is 0 Å². The molecule has 1 aliphatic heterocycles. The minimum atomic E-state index is 0.832. The number of rotatable bonds is 0. The van der Waals surface area contributed by atoms with Gasteiger partial charge in [0.2, 0.25) is 0 Å². The van der Waals surface area contributed by atoms with Crippen LogP contribution in [0, 0.1) is 0 Å². The van der Waals surface area contributed by atoms with Crippen molar-refractivity contribution < 1.29 is 0 Å². The first kappa shape index (κ1) is 4.65. The number of nitrogens with zero attached hydrogens (tertiary/aromatic N) is 1. The molecule has 0 saturated carbocycles. The Kier molecular flexibility index (Phi) is 1.32. The number of hydrogen-bond donors (Lipinski definition) is 0. The van der Waals surface area contributed by atoms with Crippen molar-refractivity contribution in [1.82, 2.24) is 0 Å². The van der Waals surface area contributed by atoms with Gasteiger partial charge in [0.05, 0.1) is 11.2 Å². The average molecular weight is 111 g/mol. The predicted molar refractivity (Wildman–Crippen MR) is 34.4 cm³/mol. The fourth-order valence-electron chi connectivity index (χ4n) is 0.294. The standard InChI is InChI=1S/C5H5NS/c1-5-2-3-7-4-6-5/h2-4H,1H2. The summed E-state index contributed by atoms with van der Waals surface area (Å²) in [4.78, 5) is 3.89. The van der Waals surface area contributed by atoms with Gasteiger partial charge in [-0.25, -0.2) is 0 Å². The summed E-state index contributed by atoms with van der Waals surface area (Å²) >= 11 is 1.57. The lowest BCUT2D eigenvalue weighted by Gasteiger charge is -1.91. The van der Waals surface area contributed by atoms with Gasteiger partial charge in [0.25, 0.3) is 0 Å². The molecule has 1 aliphatic rings. The maximum atomic E-state index is 3.89. The Balaban J connectivity index is 2.66. The second-order valence-corrected chi connectivity index (χ2v) is 1.92. The van der Waals surface area contributed by atoms with E-state index in [1.165, 1.54) is 0 Å². The first-order chi connectivity index (χ1) is 3.39. The molecule has 0 N–H and O–H groups in total. The van der Waals surface area contributed by atoms with Gasteiger partial charge in [0.15, 0.2) is 0 Å². The highest BCUT2D eigenvalue weighted by Crippen LogP contribution is 2.08. The van der Waals surface area contributed by atoms with Crippen LogP contribution in [0.1, 0.15) is 0 Å². The Morgan fingerprint density at radius 2 is 2.57 bits per heavy atom. The third-order valence-electron chi connectivity index (χ3n) is 0.618. The largest absolute Gasteiger partial charge is 0.250 e. The van der Waals surface area contributed by atoms with Crippen LogP contribution in [0.2, 0.25) is 0 Å². The highest BCUT2D eigenvalue weighted by molar-refractivity contribution is 8.14. The third-order valence-corrected chi connectivity index (χ3v) is 1.14. The molecule has 0 unspecified atom stereocenters. The van der Waals surface area contributed by atoms with E-state index in [0.717, 1.165) is 5.70 Å². The van der Waals surface area contributed by atoms with Crippen molar-refractivity contribution in [2.45, 2.75) is 0 Å². The predicted octanol–water partition coefficient (Wildman–Crippen LogP) is 1.79. The van der Waals surface area contributed by atoms with E-state index < -0.39 is 0 Å². The van der Waals surface area contributed by atoms with E-state index in [1.807, 2.05) is 11.5 Å². The lowest BCUT2D eigenvalue weighted by Crippen LogP contribution is -1.72. The number of hydrogen-bond acceptors (Lipinski definition) is 2. The molecule has 0 aliphatic carbocycles. The van der Waals surface area contributed by atoms with Crippen LogP contribution in [0.5, 0.6) is 0 Å². The normalized spacial score (nSPS) is 18.0. The topological polar surface area (TPSA) is 12.4 Å². The van der Waals surface area contributed by atoms with E-state index in [-0.39, 0.29) is 0 Å². The van der Waals surface area contributed by atoms with Crippen LogP contribution in [0.15, 0.2) is 28.8 Å². The summed E-state index contributed by atoms with van der Waals surface area (Å²) in [5, 5.41) is 1.95. The Bertz CT molecular complexity index is 121. The molecule has 0 atom stereocenters. The zero-order valence-electron chi connectivity index (χ0n) is 3.79. The molecular weight excluding hydrogens is 106 g/mol. The van der Waals surface area contributed by atoms with Gasteiger partial charge in [-0.2, -0.15) is 0 Å². The monoisotopic (exact) mass is 111 g/mol. The third kappa shape index (κ3) is 1.20. The van der Waals surface area contributed by atoms with Crippen LogP contribution >= 0.6 is 11.8 Å². The summed E-state index contributed by atoms with van der Waals surface area (Å²) in [5.41, 5.74) is 2.60. The van der Waals surface area contributed by atoms with Gasteiger partial charge in [-0.3, -0.25) is 4.99 Å². The quantitative estimate of drug-likeness (QED) is 0.464. The summed E-state index contributed by atoms with van der Waals surface area (Å²) in [6, 6.07) is 0. The molecule has 0 fully saturated rings. The summed E-state index contributed by atoms with van der Waals surface area (Å²) in [6.07, 6.45) is 1.88. The molecule has 1 heterocycles. The molecule has 0 bridgehead atoms. The van der Waals surface area contributed by atoms with Crippen LogP contribution in [0.4, 0.5) is 0 Å². The van der Waals surface area contributed by atoms with Crippen molar-refractivity contribution in [3.8, 4) is 0 Å². The molecule has 1 nitrogen and oxygen atoms in total. The molecular formula is C5H5NS. The molecule has 0 radical (unpaired) electrons. The highest BCUT2D eigenvalue weighted by atomic mass is 32.2. The van der Waals surface area contributed by atoms with Gasteiger partial charge in [-0.15, -0.1) is 0 Å². The molecule has 36 valence electrons. The van der Waals surface area contributed by atoms with E-state index in [1.54, 1.807) is 17.3 Å². The highest BCUT2D eigenvalue weighted by Gasteiger charge is 1.84. The van der Waals surface area contributed by atoms with E-state index in [2.05, 4.69) is 11.6 Å². The SMILES string of the molecule is C=C1C=CSC=N1. The molecule has 7 heavy (non-hydrogen) atoms. The van der Waals surface area contributed by atoms with Gasteiger partial charge in [-0.05, 0) is 11.5 Å². The molecule has 0 saturated heterocycles. The maximum absolute atomic E-state index is 3.89. The molecule has 0 amide bonds. The maximum Gasteiger partial charge on any atom is 0.0645 e. The minimum Gasteiger partial charge on any atom is -0.250 e. The van der Waals surface area contributed by atoms with Gasteiger partial charge >= 0.3 is 0 Å². The van der Waals surface area contributed by atoms with Crippen molar-refractivity contribution >= 4 is 17.3 Å². The molecule has 0 aromatic rings. The molecule has 0 aromatic carbocycles. The fraction of sp³-hybridized carbons (Fsp3) is 0. The van der Waals surface area contributed by atoms with Gasteiger partial charge in [0.1, 0.15) is 0 Å². The number of aliphatic imine (C=N–C) groups is 1. The zero-order valence-corrected chi connectivity index (χ0v) is 4.61. The van der Waals surface area contributed by atoms with Gasteiger partial charge in [0, 0.05) is 0 Å². The Labute approximate surface area is 46.8 Å². The summed E-state index contributed by atoms with van der Waals surface area (Å²) in [5.74, 6) is 0. The number of thioether (sulfide) groups is 1. The zero-order chi connectivity index (χ0) is 5.11. The molecule has 0 spiro atoms.